The number of nitrogens with one attached hydrogen (secondary N) is 1. The first kappa shape index (κ1) is 16.3. The van der Waals surface area contributed by atoms with E-state index in [1.54, 1.807) is 32.9 Å². The molecule has 0 saturated carbocycles. The van der Waals surface area contributed by atoms with Gasteiger partial charge in [-0.2, -0.15) is 0 Å². The van der Waals surface area contributed by atoms with E-state index < -0.39 is 23.8 Å². The largest absolute Gasteiger partial charge is 0.444 e. The number of aliphatic hydroxyl groups is 1. The van der Waals surface area contributed by atoms with Gasteiger partial charge in [0.2, 0.25) is 5.89 Å². The Morgan fingerprint density at radius 3 is 2.68 bits per heavy atom. The Hall–Kier alpha value is -2.08. The highest BCUT2D eigenvalue weighted by Gasteiger charge is 2.27. The van der Waals surface area contributed by atoms with Crippen LogP contribution < -0.4 is 5.32 Å². The van der Waals surface area contributed by atoms with Crippen LogP contribution in [0.5, 0.6) is 0 Å². The maximum absolute atomic E-state index is 11.8. The minimum absolute atomic E-state index is 0.184. The Bertz CT molecular complexity index is 612. The van der Waals surface area contributed by atoms with Crippen LogP contribution in [0.2, 0.25) is 0 Å². The number of hydrogen-bond donors (Lipinski definition) is 2. The van der Waals surface area contributed by atoms with E-state index in [0.29, 0.717) is 17.5 Å². The molecule has 0 aliphatic rings. The molecule has 1 aromatic heterocycles. The molecule has 2 atom stereocenters. The quantitative estimate of drug-likeness (QED) is 0.906. The van der Waals surface area contributed by atoms with Crippen molar-refractivity contribution < 1.29 is 19.1 Å². The lowest BCUT2D eigenvalue weighted by Gasteiger charge is -2.24. The number of oxazole rings is 1. The summed E-state index contributed by atoms with van der Waals surface area (Å²) in [6.45, 7) is 7.20. The number of ether oxygens (including phenoxy) is 1. The standard InChI is InChI=1S/C16H22N2O4/c1-5-10(18-15(20)22-16(2,3)4)13(19)14-17-11-8-6-7-9-12(11)21-14/h6-10,13,19H,5H2,1-4H3,(H,18,20). The van der Waals surface area contributed by atoms with Crippen LogP contribution in [0.3, 0.4) is 0 Å². The Morgan fingerprint density at radius 1 is 1.41 bits per heavy atom. The summed E-state index contributed by atoms with van der Waals surface area (Å²) < 4.78 is 10.7. The second kappa shape index (κ2) is 6.36. The van der Waals surface area contributed by atoms with Gasteiger partial charge in [0.05, 0.1) is 6.04 Å². The molecule has 6 nitrogen and oxygen atoms in total. The Labute approximate surface area is 129 Å². The molecule has 1 amide bonds. The average Bonchev–Trinajstić information content (AvgIpc) is 2.86. The van der Waals surface area contributed by atoms with Crippen LogP contribution in [0.15, 0.2) is 28.7 Å². The Morgan fingerprint density at radius 2 is 2.09 bits per heavy atom. The number of carbonyl (C=O) groups is 1. The monoisotopic (exact) mass is 306 g/mol. The molecule has 2 N–H and O–H groups in total. The third kappa shape index (κ3) is 3.98. The van der Waals surface area contributed by atoms with Gasteiger partial charge >= 0.3 is 6.09 Å². The molecule has 120 valence electrons. The van der Waals surface area contributed by atoms with Crippen molar-refractivity contribution in [3.05, 3.63) is 30.2 Å². The van der Waals surface area contributed by atoms with Gasteiger partial charge in [-0.05, 0) is 39.3 Å². The van der Waals surface area contributed by atoms with Crippen molar-refractivity contribution in [2.75, 3.05) is 0 Å². The van der Waals surface area contributed by atoms with Gasteiger partial charge in [0.1, 0.15) is 11.1 Å². The summed E-state index contributed by atoms with van der Waals surface area (Å²) >= 11 is 0. The van der Waals surface area contributed by atoms with Gasteiger partial charge in [-0.3, -0.25) is 0 Å². The molecule has 2 unspecified atom stereocenters. The number of aromatic nitrogens is 1. The van der Waals surface area contributed by atoms with Crippen molar-refractivity contribution >= 4 is 17.2 Å². The lowest BCUT2D eigenvalue weighted by Crippen LogP contribution is -2.42. The number of fused-ring (bicyclic) bond motifs is 1. The number of rotatable bonds is 4. The van der Waals surface area contributed by atoms with E-state index in [2.05, 4.69) is 10.3 Å². The molecule has 1 aromatic carbocycles. The predicted molar refractivity (Wildman–Crippen MR) is 82.4 cm³/mol. The fraction of sp³-hybridized carbons (Fsp3) is 0.500. The normalized spacial score (nSPS) is 14.6. The molecule has 0 saturated heterocycles. The topological polar surface area (TPSA) is 84.6 Å². The number of amides is 1. The molecule has 22 heavy (non-hydrogen) atoms. The van der Waals surface area contributed by atoms with E-state index >= 15 is 0 Å². The molecule has 0 aliphatic carbocycles. The highest BCUT2D eigenvalue weighted by molar-refractivity contribution is 5.72. The summed E-state index contributed by atoms with van der Waals surface area (Å²) in [4.78, 5) is 16.1. The summed E-state index contributed by atoms with van der Waals surface area (Å²) in [6.07, 6.45) is -1.10. The fourth-order valence-corrected chi connectivity index (χ4v) is 2.05. The zero-order chi connectivity index (χ0) is 16.3. The molecule has 0 radical (unpaired) electrons. The van der Waals surface area contributed by atoms with E-state index in [-0.39, 0.29) is 5.89 Å². The zero-order valence-electron chi connectivity index (χ0n) is 13.3. The number of alkyl carbamates (subject to hydrolysis) is 1. The maximum Gasteiger partial charge on any atom is 0.407 e. The molecular formula is C16H22N2O4. The molecule has 2 rings (SSSR count). The summed E-state index contributed by atoms with van der Waals surface area (Å²) in [6, 6.07) is 6.72. The van der Waals surface area contributed by atoms with Crippen molar-refractivity contribution in [3.8, 4) is 0 Å². The number of aliphatic hydroxyl groups excluding tert-OH is 1. The molecular weight excluding hydrogens is 284 g/mol. The van der Waals surface area contributed by atoms with Crippen LogP contribution in [-0.4, -0.2) is 27.8 Å². The SMILES string of the molecule is CCC(NC(=O)OC(C)(C)C)C(O)c1nc2ccccc2o1. The zero-order valence-corrected chi connectivity index (χ0v) is 13.3. The first-order valence-corrected chi connectivity index (χ1v) is 7.33. The van der Waals surface area contributed by atoms with Crippen LogP contribution in [0, 0.1) is 0 Å². The molecule has 0 spiro atoms. The van der Waals surface area contributed by atoms with Gasteiger partial charge in [0.15, 0.2) is 11.7 Å². The van der Waals surface area contributed by atoms with Gasteiger partial charge in [-0.1, -0.05) is 19.1 Å². The molecule has 1 heterocycles. The summed E-state index contributed by atoms with van der Waals surface area (Å²) in [7, 11) is 0. The van der Waals surface area contributed by atoms with E-state index in [1.807, 2.05) is 19.1 Å². The van der Waals surface area contributed by atoms with Crippen LogP contribution in [-0.2, 0) is 4.74 Å². The smallest absolute Gasteiger partial charge is 0.407 e. The minimum Gasteiger partial charge on any atom is -0.444 e. The van der Waals surface area contributed by atoms with Gasteiger partial charge in [-0.25, -0.2) is 9.78 Å². The number of carbonyl (C=O) groups excluding carboxylic acids is 1. The van der Waals surface area contributed by atoms with Gasteiger partial charge in [0.25, 0.3) is 0 Å². The van der Waals surface area contributed by atoms with E-state index in [9.17, 15) is 9.90 Å². The predicted octanol–water partition coefficient (Wildman–Crippen LogP) is 3.16. The van der Waals surface area contributed by atoms with Crippen LogP contribution in [0.4, 0.5) is 4.79 Å². The molecule has 2 aromatic rings. The van der Waals surface area contributed by atoms with Crippen LogP contribution in [0.1, 0.15) is 46.1 Å². The van der Waals surface area contributed by atoms with Crippen LogP contribution >= 0.6 is 0 Å². The minimum atomic E-state index is -1.04. The summed E-state index contributed by atoms with van der Waals surface area (Å²) in [5, 5.41) is 13.1. The average molecular weight is 306 g/mol. The second-order valence-corrected chi connectivity index (χ2v) is 6.13. The third-order valence-corrected chi connectivity index (χ3v) is 3.09. The van der Waals surface area contributed by atoms with Crippen molar-refractivity contribution in [3.63, 3.8) is 0 Å². The third-order valence-electron chi connectivity index (χ3n) is 3.09. The molecule has 6 heteroatoms. The first-order chi connectivity index (χ1) is 10.3. The first-order valence-electron chi connectivity index (χ1n) is 7.33. The van der Waals surface area contributed by atoms with Gasteiger partial charge < -0.3 is 19.6 Å². The summed E-state index contributed by atoms with van der Waals surface area (Å²) in [5.41, 5.74) is 0.678. The maximum atomic E-state index is 11.8. The Kier molecular flexibility index (Phi) is 4.71. The number of nitrogens with zero attached hydrogens (tertiary/aromatic N) is 1. The van der Waals surface area contributed by atoms with E-state index in [4.69, 9.17) is 9.15 Å². The molecule has 0 fully saturated rings. The van der Waals surface area contributed by atoms with Crippen molar-refractivity contribution in [1.82, 2.24) is 10.3 Å². The molecule has 0 bridgehead atoms. The van der Waals surface area contributed by atoms with Crippen molar-refractivity contribution in [2.24, 2.45) is 0 Å². The fourth-order valence-electron chi connectivity index (χ4n) is 2.05. The van der Waals surface area contributed by atoms with Gasteiger partial charge in [-0.15, -0.1) is 0 Å². The van der Waals surface area contributed by atoms with E-state index in [0.717, 1.165) is 0 Å². The highest BCUT2D eigenvalue weighted by Crippen LogP contribution is 2.23. The highest BCUT2D eigenvalue weighted by atomic mass is 16.6. The summed E-state index contributed by atoms with van der Waals surface area (Å²) in [5.74, 6) is 0.184. The Balaban J connectivity index is 2.11. The molecule has 0 aliphatic heterocycles. The lowest BCUT2D eigenvalue weighted by molar-refractivity contribution is 0.0387. The van der Waals surface area contributed by atoms with E-state index in [1.165, 1.54) is 0 Å². The van der Waals surface area contributed by atoms with Gasteiger partial charge in [0, 0.05) is 0 Å². The van der Waals surface area contributed by atoms with Crippen molar-refractivity contribution in [1.29, 1.82) is 0 Å². The number of para-hydroxylation sites is 2. The lowest BCUT2D eigenvalue weighted by atomic mass is 10.1. The second-order valence-electron chi connectivity index (χ2n) is 6.13. The van der Waals surface area contributed by atoms with Crippen LogP contribution in [0.25, 0.3) is 11.1 Å². The number of hydrogen-bond acceptors (Lipinski definition) is 5. The number of benzene rings is 1. The van der Waals surface area contributed by atoms with Crippen molar-refractivity contribution in [2.45, 2.75) is 51.9 Å².